The lowest BCUT2D eigenvalue weighted by Crippen LogP contribution is -2.44. The van der Waals surface area contributed by atoms with Crippen molar-refractivity contribution < 1.29 is 14.5 Å². The molecule has 0 saturated carbocycles. The van der Waals surface area contributed by atoms with Gasteiger partial charge in [-0.1, -0.05) is 12.1 Å². The second kappa shape index (κ2) is 7.31. The third-order valence-electron chi connectivity index (χ3n) is 4.36. The average Bonchev–Trinajstić information content (AvgIpc) is 3.25. The summed E-state index contributed by atoms with van der Waals surface area (Å²) in [4.78, 5) is 25.5. The number of ether oxygens (including phenoxy) is 1. The molecule has 6 nitrogen and oxygen atoms in total. The summed E-state index contributed by atoms with van der Waals surface area (Å²) in [5, 5.41) is 11.2. The lowest BCUT2D eigenvalue weighted by atomic mass is 10.1. The fraction of sp³-hybridized carbons (Fsp3) is 0.562. The van der Waals surface area contributed by atoms with E-state index in [2.05, 4.69) is 0 Å². The van der Waals surface area contributed by atoms with E-state index < -0.39 is 4.92 Å². The van der Waals surface area contributed by atoms with Crippen LogP contribution in [0.4, 0.5) is 5.69 Å². The van der Waals surface area contributed by atoms with Gasteiger partial charge in [-0.25, -0.2) is 0 Å². The number of rotatable bonds is 5. The van der Waals surface area contributed by atoms with Crippen molar-refractivity contribution in [3.05, 3.63) is 39.9 Å². The summed E-state index contributed by atoms with van der Waals surface area (Å²) in [5.41, 5.74) is 0.0490. The van der Waals surface area contributed by atoms with Gasteiger partial charge in [0, 0.05) is 31.0 Å². The maximum absolute atomic E-state index is 13.0. The van der Waals surface area contributed by atoms with Gasteiger partial charge in [0.1, 0.15) is 5.56 Å². The summed E-state index contributed by atoms with van der Waals surface area (Å²) in [6.45, 7) is 1.26. The maximum atomic E-state index is 13.0. The Labute approximate surface area is 139 Å². The Morgan fingerprint density at radius 2 is 2.22 bits per heavy atom. The lowest BCUT2D eigenvalue weighted by molar-refractivity contribution is -0.385. The van der Waals surface area contributed by atoms with Crippen molar-refractivity contribution in [3.63, 3.8) is 0 Å². The summed E-state index contributed by atoms with van der Waals surface area (Å²) in [5.74, 6) is 1.66. The van der Waals surface area contributed by atoms with E-state index in [1.807, 2.05) is 11.8 Å². The molecule has 3 rings (SSSR count). The summed E-state index contributed by atoms with van der Waals surface area (Å²) >= 11 is 1.82. The molecular weight excluding hydrogens is 316 g/mol. The Balaban J connectivity index is 1.85. The maximum Gasteiger partial charge on any atom is 0.282 e. The van der Waals surface area contributed by atoms with E-state index in [-0.39, 0.29) is 29.3 Å². The Morgan fingerprint density at radius 3 is 2.87 bits per heavy atom. The molecular formula is C16H20N2O4S. The number of hydrogen-bond acceptors (Lipinski definition) is 5. The number of hydrogen-bond donors (Lipinski definition) is 0. The molecule has 2 unspecified atom stereocenters. The number of carbonyl (C=O) groups is 1. The topological polar surface area (TPSA) is 72.7 Å². The van der Waals surface area contributed by atoms with E-state index in [9.17, 15) is 14.9 Å². The largest absolute Gasteiger partial charge is 0.376 e. The minimum absolute atomic E-state index is 0.0484. The molecule has 0 N–H and O–H groups in total. The van der Waals surface area contributed by atoms with Gasteiger partial charge in [-0.05, 0) is 31.1 Å². The van der Waals surface area contributed by atoms with Crippen molar-refractivity contribution in [2.75, 3.05) is 24.7 Å². The molecule has 1 amide bonds. The number of benzene rings is 1. The van der Waals surface area contributed by atoms with Crippen LogP contribution in [0.5, 0.6) is 0 Å². The zero-order chi connectivity index (χ0) is 16.2. The molecule has 0 aliphatic carbocycles. The Morgan fingerprint density at radius 1 is 1.39 bits per heavy atom. The first kappa shape index (κ1) is 16.3. The molecule has 1 aromatic rings. The van der Waals surface area contributed by atoms with Crippen LogP contribution in [0.1, 0.15) is 29.6 Å². The molecule has 1 aromatic carbocycles. The molecule has 124 valence electrons. The van der Waals surface area contributed by atoms with Gasteiger partial charge in [0.25, 0.3) is 11.6 Å². The highest BCUT2D eigenvalue weighted by Crippen LogP contribution is 2.28. The average molecular weight is 336 g/mol. The van der Waals surface area contributed by atoms with Gasteiger partial charge in [0.2, 0.25) is 0 Å². The molecule has 2 aliphatic heterocycles. The third-order valence-corrected chi connectivity index (χ3v) is 5.51. The van der Waals surface area contributed by atoms with E-state index in [4.69, 9.17) is 4.74 Å². The van der Waals surface area contributed by atoms with Crippen molar-refractivity contribution in [2.45, 2.75) is 31.4 Å². The van der Waals surface area contributed by atoms with Crippen LogP contribution in [0.15, 0.2) is 24.3 Å². The predicted molar refractivity (Wildman–Crippen MR) is 88.8 cm³/mol. The van der Waals surface area contributed by atoms with Gasteiger partial charge in [-0.3, -0.25) is 14.9 Å². The number of para-hydroxylation sites is 1. The van der Waals surface area contributed by atoms with Gasteiger partial charge in [-0.2, -0.15) is 11.8 Å². The molecule has 2 atom stereocenters. The minimum atomic E-state index is -0.485. The van der Waals surface area contributed by atoms with E-state index >= 15 is 0 Å². The van der Waals surface area contributed by atoms with Crippen molar-refractivity contribution in [1.82, 2.24) is 4.90 Å². The first-order valence-corrected chi connectivity index (χ1v) is 9.06. The zero-order valence-electron chi connectivity index (χ0n) is 12.8. The quantitative estimate of drug-likeness (QED) is 0.610. The number of amides is 1. The van der Waals surface area contributed by atoms with Gasteiger partial charge in [0.15, 0.2) is 0 Å². The normalized spacial score (nSPS) is 23.8. The second-order valence-electron chi connectivity index (χ2n) is 5.88. The van der Waals surface area contributed by atoms with Gasteiger partial charge in [-0.15, -0.1) is 0 Å². The Kier molecular flexibility index (Phi) is 5.17. The summed E-state index contributed by atoms with van der Waals surface area (Å²) < 4.78 is 5.67. The van der Waals surface area contributed by atoms with Crippen LogP contribution < -0.4 is 0 Å². The summed E-state index contributed by atoms with van der Waals surface area (Å²) in [6, 6.07) is 6.33. The smallest absolute Gasteiger partial charge is 0.282 e. The molecule has 7 heteroatoms. The fourth-order valence-corrected chi connectivity index (χ4v) is 4.37. The zero-order valence-corrected chi connectivity index (χ0v) is 13.7. The molecule has 2 saturated heterocycles. The molecule has 23 heavy (non-hydrogen) atoms. The van der Waals surface area contributed by atoms with Crippen molar-refractivity contribution >= 4 is 23.4 Å². The number of nitro groups is 1. The standard InChI is InChI=1S/C16H20N2O4S/c19-16(14-5-1-2-6-15(14)18(20)21)17(12-7-9-23-11-12)10-13-4-3-8-22-13/h1-2,5-6,12-13H,3-4,7-11H2. The molecule has 2 aliphatic rings. The highest BCUT2D eigenvalue weighted by Gasteiger charge is 2.33. The van der Waals surface area contributed by atoms with Crippen LogP contribution >= 0.6 is 11.8 Å². The summed E-state index contributed by atoms with van der Waals surface area (Å²) in [6.07, 6.45) is 2.94. The van der Waals surface area contributed by atoms with Crippen LogP contribution in [-0.2, 0) is 4.74 Å². The third kappa shape index (κ3) is 3.67. The van der Waals surface area contributed by atoms with E-state index in [1.165, 1.54) is 6.07 Å². The van der Waals surface area contributed by atoms with Gasteiger partial charge < -0.3 is 9.64 Å². The molecule has 0 spiro atoms. The van der Waals surface area contributed by atoms with Gasteiger partial charge >= 0.3 is 0 Å². The van der Waals surface area contributed by atoms with Crippen LogP contribution in [0, 0.1) is 10.1 Å². The van der Waals surface area contributed by atoms with E-state index in [0.717, 1.165) is 37.4 Å². The van der Waals surface area contributed by atoms with Crippen LogP contribution in [0.25, 0.3) is 0 Å². The molecule has 2 heterocycles. The second-order valence-corrected chi connectivity index (χ2v) is 7.03. The summed E-state index contributed by atoms with van der Waals surface area (Å²) in [7, 11) is 0. The molecule has 0 radical (unpaired) electrons. The number of nitro benzene ring substituents is 1. The van der Waals surface area contributed by atoms with Crippen LogP contribution in [0.3, 0.4) is 0 Å². The molecule has 0 aromatic heterocycles. The van der Waals surface area contributed by atoms with E-state index in [0.29, 0.717) is 6.54 Å². The van der Waals surface area contributed by atoms with E-state index in [1.54, 1.807) is 23.1 Å². The van der Waals surface area contributed by atoms with Crippen molar-refractivity contribution in [2.24, 2.45) is 0 Å². The highest BCUT2D eigenvalue weighted by atomic mass is 32.2. The minimum Gasteiger partial charge on any atom is -0.376 e. The SMILES string of the molecule is O=C(c1ccccc1[N+](=O)[O-])N(CC1CCCO1)C1CCSC1. The van der Waals surface area contributed by atoms with Crippen molar-refractivity contribution in [3.8, 4) is 0 Å². The monoisotopic (exact) mass is 336 g/mol. The number of nitrogens with zero attached hydrogens (tertiary/aromatic N) is 2. The number of carbonyl (C=O) groups excluding carboxylic acids is 1. The lowest BCUT2D eigenvalue weighted by Gasteiger charge is -2.30. The molecule has 2 fully saturated rings. The van der Waals surface area contributed by atoms with Crippen LogP contribution in [-0.4, -0.2) is 52.5 Å². The Bertz CT molecular complexity index is 583. The molecule has 0 bridgehead atoms. The fourth-order valence-electron chi connectivity index (χ4n) is 3.14. The number of thioether (sulfide) groups is 1. The van der Waals surface area contributed by atoms with Gasteiger partial charge in [0.05, 0.1) is 11.0 Å². The first-order valence-electron chi connectivity index (χ1n) is 7.90. The predicted octanol–water partition coefficient (Wildman–Crippen LogP) is 2.72. The first-order chi connectivity index (χ1) is 11.2. The van der Waals surface area contributed by atoms with Crippen molar-refractivity contribution in [1.29, 1.82) is 0 Å². The van der Waals surface area contributed by atoms with Crippen LogP contribution in [0.2, 0.25) is 0 Å². The highest BCUT2D eigenvalue weighted by molar-refractivity contribution is 7.99. The Hall–Kier alpha value is -1.60.